The number of rotatable bonds is 5. The SMILES string of the molecule is CC1CCC(C(Cc2ccc(Cl)s2)NN)(N(C)C)CC1. The normalized spacial score (nSPS) is 28.8. The monoisotopic (exact) mass is 315 g/mol. The Morgan fingerprint density at radius 3 is 2.55 bits per heavy atom. The first kappa shape index (κ1) is 16.2. The first-order valence-corrected chi connectivity index (χ1v) is 8.55. The van der Waals surface area contributed by atoms with E-state index in [1.807, 2.05) is 6.07 Å². The van der Waals surface area contributed by atoms with Gasteiger partial charge in [0.15, 0.2) is 0 Å². The summed E-state index contributed by atoms with van der Waals surface area (Å²) in [4.78, 5) is 3.68. The second-order valence-electron chi connectivity index (χ2n) is 6.31. The molecule has 0 aromatic carbocycles. The molecule has 1 aromatic rings. The summed E-state index contributed by atoms with van der Waals surface area (Å²) in [6.45, 7) is 2.35. The van der Waals surface area contributed by atoms with Crippen LogP contribution in [-0.2, 0) is 6.42 Å². The van der Waals surface area contributed by atoms with Gasteiger partial charge in [0.05, 0.1) is 4.34 Å². The van der Waals surface area contributed by atoms with Gasteiger partial charge in [0, 0.05) is 22.9 Å². The molecule has 3 nitrogen and oxygen atoms in total. The minimum atomic E-state index is 0.151. The van der Waals surface area contributed by atoms with Gasteiger partial charge < -0.3 is 4.90 Å². The number of nitrogens with two attached hydrogens (primary N) is 1. The van der Waals surface area contributed by atoms with Crippen molar-refractivity contribution < 1.29 is 0 Å². The van der Waals surface area contributed by atoms with E-state index in [0.717, 1.165) is 16.7 Å². The van der Waals surface area contributed by atoms with Crippen molar-refractivity contribution in [3.8, 4) is 0 Å². The fourth-order valence-corrected chi connectivity index (χ4v) is 4.57. The molecule has 1 unspecified atom stereocenters. The number of nitrogens with one attached hydrogen (secondary N) is 1. The molecule has 5 heteroatoms. The molecule has 3 N–H and O–H groups in total. The van der Waals surface area contributed by atoms with Gasteiger partial charge in [-0.1, -0.05) is 18.5 Å². The Labute approximate surface area is 131 Å². The third-order valence-electron chi connectivity index (χ3n) is 4.91. The Kier molecular flexibility index (Phi) is 5.49. The zero-order valence-corrected chi connectivity index (χ0v) is 14.2. The number of halogens is 1. The average Bonchev–Trinajstić information content (AvgIpc) is 2.82. The summed E-state index contributed by atoms with van der Waals surface area (Å²) in [6, 6.07) is 4.35. The van der Waals surface area contributed by atoms with Crippen LogP contribution in [0.4, 0.5) is 0 Å². The summed E-state index contributed by atoms with van der Waals surface area (Å²) in [5.41, 5.74) is 3.24. The second-order valence-corrected chi connectivity index (χ2v) is 8.11. The Balaban J connectivity index is 2.17. The molecule has 0 amide bonds. The van der Waals surface area contributed by atoms with Crippen LogP contribution in [0.2, 0.25) is 4.34 Å². The molecule has 0 spiro atoms. The largest absolute Gasteiger partial charge is 0.302 e. The van der Waals surface area contributed by atoms with Crippen LogP contribution in [0.1, 0.15) is 37.5 Å². The quantitative estimate of drug-likeness (QED) is 0.647. The number of likely N-dealkylation sites (N-methyl/N-ethyl adjacent to an activating group) is 1. The molecule has 114 valence electrons. The van der Waals surface area contributed by atoms with Crippen LogP contribution in [0, 0.1) is 5.92 Å². The molecule has 20 heavy (non-hydrogen) atoms. The highest BCUT2D eigenvalue weighted by molar-refractivity contribution is 7.16. The van der Waals surface area contributed by atoms with Crippen molar-refractivity contribution in [2.24, 2.45) is 11.8 Å². The minimum Gasteiger partial charge on any atom is -0.302 e. The van der Waals surface area contributed by atoms with E-state index in [4.69, 9.17) is 17.4 Å². The highest BCUT2D eigenvalue weighted by atomic mass is 35.5. The molecule has 1 heterocycles. The molecule has 0 saturated heterocycles. The number of hydrogen-bond donors (Lipinski definition) is 2. The molecular weight excluding hydrogens is 290 g/mol. The molecule has 1 atom stereocenters. The maximum atomic E-state index is 6.05. The third-order valence-corrected chi connectivity index (χ3v) is 6.17. The predicted molar refractivity (Wildman–Crippen MR) is 88.2 cm³/mol. The first-order chi connectivity index (χ1) is 9.48. The van der Waals surface area contributed by atoms with Gasteiger partial charge in [-0.05, 0) is 57.8 Å². The Morgan fingerprint density at radius 1 is 1.45 bits per heavy atom. The van der Waals surface area contributed by atoms with Crippen LogP contribution in [0.15, 0.2) is 12.1 Å². The van der Waals surface area contributed by atoms with Crippen molar-refractivity contribution in [2.75, 3.05) is 14.1 Å². The van der Waals surface area contributed by atoms with E-state index in [9.17, 15) is 0 Å². The summed E-state index contributed by atoms with van der Waals surface area (Å²) in [6.07, 6.45) is 5.91. The van der Waals surface area contributed by atoms with Gasteiger partial charge in [0.2, 0.25) is 0 Å². The standard InChI is InChI=1S/C15H26ClN3S/c1-11-6-8-15(9-7-11,19(2)3)13(18-17)10-12-4-5-14(16)20-12/h4-5,11,13,18H,6-10,17H2,1-3H3. The van der Waals surface area contributed by atoms with Crippen LogP contribution in [0.25, 0.3) is 0 Å². The van der Waals surface area contributed by atoms with Crippen molar-refractivity contribution in [1.29, 1.82) is 0 Å². The van der Waals surface area contributed by atoms with E-state index in [-0.39, 0.29) is 11.6 Å². The van der Waals surface area contributed by atoms with Crippen LogP contribution >= 0.6 is 22.9 Å². The number of hydrogen-bond acceptors (Lipinski definition) is 4. The maximum absolute atomic E-state index is 6.05. The number of hydrazine groups is 1. The van der Waals surface area contributed by atoms with E-state index in [1.165, 1.54) is 30.6 Å². The van der Waals surface area contributed by atoms with E-state index >= 15 is 0 Å². The van der Waals surface area contributed by atoms with Crippen LogP contribution in [0.3, 0.4) is 0 Å². The molecule has 1 saturated carbocycles. The summed E-state index contributed by atoms with van der Waals surface area (Å²) in [7, 11) is 4.36. The van der Waals surface area contributed by atoms with Crippen LogP contribution in [-0.4, -0.2) is 30.6 Å². The number of thiophene rings is 1. The average molecular weight is 316 g/mol. The minimum absolute atomic E-state index is 0.151. The first-order valence-electron chi connectivity index (χ1n) is 7.35. The van der Waals surface area contributed by atoms with E-state index in [0.29, 0.717) is 0 Å². The molecule has 2 rings (SSSR count). The van der Waals surface area contributed by atoms with Gasteiger partial charge in [-0.2, -0.15) is 0 Å². The van der Waals surface area contributed by atoms with Gasteiger partial charge in [-0.25, -0.2) is 0 Å². The third kappa shape index (κ3) is 3.37. The Hall–Kier alpha value is -0.130. The predicted octanol–water partition coefficient (Wildman–Crippen LogP) is 3.29. The summed E-state index contributed by atoms with van der Waals surface area (Å²) in [5, 5.41) is 0. The molecule has 1 fully saturated rings. The fourth-order valence-electron chi connectivity index (χ4n) is 3.44. The molecule has 1 aromatic heterocycles. The van der Waals surface area contributed by atoms with Gasteiger partial charge in [0.1, 0.15) is 0 Å². The highest BCUT2D eigenvalue weighted by Gasteiger charge is 2.42. The van der Waals surface area contributed by atoms with E-state index in [2.05, 4.69) is 37.4 Å². The van der Waals surface area contributed by atoms with E-state index < -0.39 is 0 Å². The van der Waals surface area contributed by atoms with Gasteiger partial charge in [-0.3, -0.25) is 11.3 Å². The molecule has 1 aliphatic carbocycles. The number of nitrogens with zero attached hydrogens (tertiary/aromatic N) is 1. The van der Waals surface area contributed by atoms with Crippen LogP contribution in [0.5, 0.6) is 0 Å². The lowest BCUT2D eigenvalue weighted by Crippen LogP contribution is -2.62. The molecule has 0 radical (unpaired) electrons. The molecule has 1 aliphatic rings. The topological polar surface area (TPSA) is 41.3 Å². The molecular formula is C15H26ClN3S. The highest BCUT2D eigenvalue weighted by Crippen LogP contribution is 2.39. The van der Waals surface area contributed by atoms with Crippen LogP contribution < -0.4 is 11.3 Å². The van der Waals surface area contributed by atoms with Crippen molar-refractivity contribution in [1.82, 2.24) is 10.3 Å². The zero-order chi connectivity index (χ0) is 14.8. The maximum Gasteiger partial charge on any atom is 0.0931 e. The van der Waals surface area contributed by atoms with Gasteiger partial charge >= 0.3 is 0 Å². The Bertz CT molecular complexity index is 425. The Morgan fingerprint density at radius 2 is 2.10 bits per heavy atom. The summed E-state index contributed by atoms with van der Waals surface area (Å²) in [5.74, 6) is 6.74. The van der Waals surface area contributed by atoms with Crippen molar-refractivity contribution >= 4 is 22.9 Å². The van der Waals surface area contributed by atoms with Crippen molar-refractivity contribution in [2.45, 2.75) is 50.6 Å². The van der Waals surface area contributed by atoms with Crippen molar-refractivity contribution in [3.63, 3.8) is 0 Å². The lowest BCUT2D eigenvalue weighted by molar-refractivity contribution is 0.0437. The lowest BCUT2D eigenvalue weighted by atomic mass is 9.71. The van der Waals surface area contributed by atoms with Gasteiger partial charge in [-0.15, -0.1) is 11.3 Å². The second kappa shape index (κ2) is 6.75. The molecule has 0 bridgehead atoms. The summed E-state index contributed by atoms with van der Waals surface area (Å²) >= 11 is 7.70. The zero-order valence-electron chi connectivity index (χ0n) is 12.7. The summed E-state index contributed by atoms with van der Waals surface area (Å²) < 4.78 is 0.854. The van der Waals surface area contributed by atoms with E-state index in [1.54, 1.807) is 11.3 Å². The van der Waals surface area contributed by atoms with Gasteiger partial charge in [0.25, 0.3) is 0 Å². The van der Waals surface area contributed by atoms with Crippen molar-refractivity contribution in [3.05, 3.63) is 21.3 Å². The smallest absolute Gasteiger partial charge is 0.0931 e. The lowest BCUT2D eigenvalue weighted by Gasteiger charge is -2.49. The fraction of sp³-hybridized carbons (Fsp3) is 0.733. The molecule has 0 aliphatic heterocycles.